The molecule has 1 aromatic heterocycles. The third-order valence-electron chi connectivity index (χ3n) is 4.18. The van der Waals surface area contributed by atoms with E-state index in [1.165, 1.54) is 19.1 Å². The summed E-state index contributed by atoms with van der Waals surface area (Å²) in [7, 11) is 1.14. The molecule has 1 atom stereocenters. The number of carbonyl (C=O) groups is 1. The number of hydrogen-bond acceptors (Lipinski definition) is 8. The molecule has 0 saturated heterocycles. The maximum absolute atomic E-state index is 12.6. The predicted molar refractivity (Wildman–Crippen MR) is 112 cm³/mol. The van der Waals surface area contributed by atoms with Gasteiger partial charge in [0.25, 0.3) is 5.56 Å². The van der Waals surface area contributed by atoms with Gasteiger partial charge in [0.1, 0.15) is 0 Å². The average molecular weight is 447 g/mol. The number of nitrogens with one attached hydrogen (secondary N) is 1. The fourth-order valence-corrected chi connectivity index (χ4v) is 2.95. The zero-order chi connectivity index (χ0) is 22.7. The number of esters is 1. The van der Waals surface area contributed by atoms with Gasteiger partial charge in [0.05, 0.1) is 29.2 Å². The average Bonchev–Trinajstić information content (AvgIpc) is 2.74. The van der Waals surface area contributed by atoms with Crippen LogP contribution in [0.1, 0.15) is 12.5 Å². The second-order valence-electron chi connectivity index (χ2n) is 6.22. The van der Waals surface area contributed by atoms with E-state index in [9.17, 15) is 24.5 Å². The van der Waals surface area contributed by atoms with Gasteiger partial charge in [0.2, 0.25) is 5.75 Å². The van der Waals surface area contributed by atoms with E-state index in [4.69, 9.17) is 16.3 Å². The Hall–Kier alpha value is -3.99. The van der Waals surface area contributed by atoms with Crippen LogP contribution in [0.4, 0.5) is 5.69 Å². The molecule has 11 nitrogen and oxygen atoms in total. The molecule has 3 rings (SSSR count). The zero-order valence-corrected chi connectivity index (χ0v) is 17.0. The second kappa shape index (κ2) is 8.79. The lowest BCUT2D eigenvalue weighted by Crippen LogP contribution is -2.32. The van der Waals surface area contributed by atoms with Crippen molar-refractivity contribution in [3.8, 4) is 5.75 Å². The van der Waals surface area contributed by atoms with Crippen molar-refractivity contribution in [2.45, 2.75) is 13.0 Å². The fourth-order valence-electron chi connectivity index (χ4n) is 2.73. The second-order valence-corrected chi connectivity index (χ2v) is 6.66. The van der Waals surface area contributed by atoms with Gasteiger partial charge >= 0.3 is 17.3 Å². The van der Waals surface area contributed by atoms with E-state index in [0.29, 0.717) is 10.2 Å². The van der Waals surface area contributed by atoms with Crippen molar-refractivity contribution in [2.75, 3.05) is 7.11 Å². The van der Waals surface area contributed by atoms with Crippen LogP contribution in [0.2, 0.25) is 5.02 Å². The molecular formula is C19H15ClN4O7. The summed E-state index contributed by atoms with van der Waals surface area (Å²) in [6.07, 6.45) is -0.187. The first kappa shape index (κ1) is 21.7. The molecule has 1 N–H and O–H groups in total. The lowest BCUT2D eigenvalue weighted by molar-refractivity contribution is -0.386. The highest BCUT2D eigenvalue weighted by atomic mass is 35.5. The van der Waals surface area contributed by atoms with Crippen LogP contribution in [0.15, 0.2) is 51.1 Å². The van der Waals surface area contributed by atoms with Gasteiger partial charge in [-0.25, -0.2) is 9.59 Å². The largest absolute Gasteiger partial charge is 0.471 e. The van der Waals surface area contributed by atoms with Crippen LogP contribution >= 0.6 is 11.6 Å². The highest BCUT2D eigenvalue weighted by Gasteiger charge is 2.25. The van der Waals surface area contributed by atoms with Crippen LogP contribution in [0, 0.1) is 10.1 Å². The van der Waals surface area contributed by atoms with Gasteiger partial charge in [0.15, 0.2) is 6.10 Å². The van der Waals surface area contributed by atoms with Gasteiger partial charge in [-0.05, 0) is 25.1 Å². The quantitative estimate of drug-likeness (QED) is 0.264. The van der Waals surface area contributed by atoms with Crippen molar-refractivity contribution in [3.05, 3.63) is 77.9 Å². The number of benzene rings is 2. The predicted octanol–water partition coefficient (Wildman–Crippen LogP) is 2.07. The molecule has 12 heteroatoms. The fraction of sp³-hybridized carbons (Fsp3) is 0.158. The first-order valence-electron chi connectivity index (χ1n) is 8.73. The van der Waals surface area contributed by atoms with Crippen molar-refractivity contribution in [1.82, 2.24) is 9.66 Å². The standard InChI is InChI=1S/C19H15ClN4O7/c1-10(18(26)30-2)31-16-11(7-12(20)8-15(16)24(28)29)9-21-23-17(25)13-5-3-4-6-14(13)22-19(23)27/h3-10H,1-2H3,(H,22,27)/t10-/m0/s1. The lowest BCUT2D eigenvalue weighted by atomic mass is 10.2. The monoisotopic (exact) mass is 446 g/mol. The highest BCUT2D eigenvalue weighted by Crippen LogP contribution is 2.34. The Morgan fingerprint density at radius 3 is 2.71 bits per heavy atom. The molecule has 0 aliphatic heterocycles. The normalized spacial score (nSPS) is 12.1. The Bertz CT molecular complexity index is 1330. The van der Waals surface area contributed by atoms with Crippen LogP contribution in [0.25, 0.3) is 10.9 Å². The third-order valence-corrected chi connectivity index (χ3v) is 4.40. The minimum atomic E-state index is -1.19. The number of rotatable bonds is 6. The molecule has 0 spiro atoms. The summed E-state index contributed by atoms with van der Waals surface area (Å²) in [5.41, 5.74) is -1.75. The first-order valence-corrected chi connectivity index (χ1v) is 9.11. The lowest BCUT2D eigenvalue weighted by Gasteiger charge is -2.14. The number of aromatic amines is 1. The van der Waals surface area contributed by atoms with Crippen LogP contribution in [-0.4, -0.2) is 40.0 Å². The molecule has 0 aliphatic carbocycles. The summed E-state index contributed by atoms with van der Waals surface area (Å²) in [4.78, 5) is 49.8. The summed E-state index contributed by atoms with van der Waals surface area (Å²) in [6.45, 7) is 1.34. The van der Waals surface area contributed by atoms with Crippen LogP contribution in [0.5, 0.6) is 5.75 Å². The molecule has 0 amide bonds. The number of para-hydroxylation sites is 1. The third kappa shape index (κ3) is 4.46. The van der Waals surface area contributed by atoms with Crippen molar-refractivity contribution >= 4 is 40.4 Å². The summed E-state index contributed by atoms with van der Waals surface area (Å²) in [6, 6.07) is 8.66. The zero-order valence-electron chi connectivity index (χ0n) is 16.2. The molecular weight excluding hydrogens is 432 g/mol. The van der Waals surface area contributed by atoms with E-state index in [0.717, 1.165) is 19.4 Å². The Balaban J connectivity index is 2.15. The summed E-state index contributed by atoms with van der Waals surface area (Å²) in [5.74, 6) is -1.10. The maximum atomic E-state index is 12.6. The van der Waals surface area contributed by atoms with E-state index in [-0.39, 0.29) is 21.7 Å². The Morgan fingerprint density at radius 1 is 1.32 bits per heavy atom. The van der Waals surface area contributed by atoms with E-state index < -0.39 is 33.9 Å². The minimum Gasteiger partial charge on any atom is -0.471 e. The summed E-state index contributed by atoms with van der Waals surface area (Å²) >= 11 is 5.97. The molecule has 160 valence electrons. The number of nitrogens with zero attached hydrogens (tertiary/aromatic N) is 3. The number of nitro benzene ring substituents is 1. The van der Waals surface area contributed by atoms with Gasteiger partial charge in [0, 0.05) is 16.7 Å². The topological polar surface area (TPSA) is 146 Å². The number of halogens is 1. The van der Waals surface area contributed by atoms with E-state index in [1.54, 1.807) is 18.2 Å². The molecule has 0 fully saturated rings. The molecule has 0 saturated carbocycles. The van der Waals surface area contributed by atoms with E-state index >= 15 is 0 Å². The van der Waals surface area contributed by atoms with Gasteiger partial charge < -0.3 is 14.5 Å². The number of aromatic nitrogens is 2. The van der Waals surface area contributed by atoms with Crippen molar-refractivity contribution in [2.24, 2.45) is 5.10 Å². The van der Waals surface area contributed by atoms with Crippen molar-refractivity contribution in [3.63, 3.8) is 0 Å². The number of hydrogen-bond donors (Lipinski definition) is 1. The molecule has 3 aromatic rings. The number of carbonyl (C=O) groups excluding carboxylic acids is 1. The Morgan fingerprint density at radius 2 is 2.03 bits per heavy atom. The minimum absolute atomic E-state index is 0.0222. The highest BCUT2D eigenvalue weighted by molar-refractivity contribution is 6.31. The smallest absolute Gasteiger partial charge is 0.349 e. The molecule has 0 bridgehead atoms. The SMILES string of the molecule is COC(=O)[C@H](C)Oc1c(C=Nn2c(=O)[nH]c3ccccc3c2=O)cc(Cl)cc1[N+](=O)[O-]. The van der Waals surface area contributed by atoms with E-state index in [2.05, 4.69) is 14.8 Å². The molecule has 31 heavy (non-hydrogen) atoms. The van der Waals surface area contributed by atoms with Crippen LogP contribution < -0.4 is 16.0 Å². The molecule has 1 heterocycles. The first-order chi connectivity index (χ1) is 14.7. The summed E-state index contributed by atoms with van der Waals surface area (Å²) < 4.78 is 10.5. The molecule has 0 aliphatic rings. The number of methoxy groups -OCH3 is 1. The number of nitro groups is 1. The van der Waals surface area contributed by atoms with Crippen LogP contribution in [-0.2, 0) is 9.53 Å². The number of H-pyrrole nitrogens is 1. The van der Waals surface area contributed by atoms with Gasteiger partial charge in [-0.3, -0.25) is 14.9 Å². The van der Waals surface area contributed by atoms with Crippen LogP contribution in [0.3, 0.4) is 0 Å². The van der Waals surface area contributed by atoms with Gasteiger partial charge in [-0.15, -0.1) is 4.68 Å². The van der Waals surface area contributed by atoms with Gasteiger partial charge in [-0.2, -0.15) is 5.10 Å². The van der Waals surface area contributed by atoms with Crippen molar-refractivity contribution in [1.29, 1.82) is 0 Å². The Labute approximate surface area is 178 Å². The van der Waals surface area contributed by atoms with E-state index in [1.807, 2.05) is 0 Å². The van der Waals surface area contributed by atoms with Crippen molar-refractivity contribution < 1.29 is 19.2 Å². The maximum Gasteiger partial charge on any atom is 0.349 e. The molecule has 0 radical (unpaired) electrons. The molecule has 0 unspecified atom stereocenters. The van der Waals surface area contributed by atoms with Gasteiger partial charge in [-0.1, -0.05) is 23.7 Å². The Kier molecular flexibility index (Phi) is 6.16. The summed E-state index contributed by atoms with van der Waals surface area (Å²) in [5, 5.41) is 15.5. The number of fused-ring (bicyclic) bond motifs is 1. The number of ether oxygens (including phenoxy) is 2. The molecule has 2 aromatic carbocycles.